The third-order valence-electron chi connectivity index (χ3n) is 3.35. The normalized spacial score (nSPS) is 19.7. The molecule has 0 spiro atoms. The maximum absolute atomic E-state index is 13.1. The van der Waals surface area contributed by atoms with Gasteiger partial charge in [-0.25, -0.2) is 4.39 Å². The summed E-state index contributed by atoms with van der Waals surface area (Å²) in [6.07, 6.45) is 1.51. The number of aryl methyl sites for hydroxylation is 1. The van der Waals surface area contributed by atoms with E-state index in [0.717, 1.165) is 31.5 Å². The Balaban J connectivity index is 2.12. The van der Waals surface area contributed by atoms with E-state index in [4.69, 9.17) is 0 Å². The molecule has 0 aliphatic carbocycles. The van der Waals surface area contributed by atoms with Crippen LogP contribution in [0.5, 0.6) is 0 Å². The Morgan fingerprint density at radius 1 is 1.38 bits per heavy atom. The lowest BCUT2D eigenvalue weighted by Crippen LogP contribution is -2.30. The summed E-state index contributed by atoms with van der Waals surface area (Å²) in [7, 11) is 0. The molecule has 1 aromatic carbocycles. The molecule has 1 aliphatic rings. The molecule has 1 atom stereocenters. The molecule has 1 saturated heterocycles. The molecule has 1 aliphatic heterocycles. The fourth-order valence-electron chi connectivity index (χ4n) is 2.28. The summed E-state index contributed by atoms with van der Waals surface area (Å²) >= 11 is 0. The third-order valence-corrected chi connectivity index (χ3v) is 3.35. The quantitative estimate of drug-likeness (QED) is 0.805. The average Bonchev–Trinajstić information content (AvgIpc) is 2.33. The van der Waals surface area contributed by atoms with E-state index in [-0.39, 0.29) is 5.82 Å². The van der Waals surface area contributed by atoms with Crippen LogP contribution in [0.25, 0.3) is 0 Å². The van der Waals surface area contributed by atoms with Crippen LogP contribution >= 0.6 is 0 Å². The van der Waals surface area contributed by atoms with Crippen molar-refractivity contribution >= 4 is 0 Å². The van der Waals surface area contributed by atoms with Crippen molar-refractivity contribution in [3.8, 4) is 0 Å². The van der Waals surface area contributed by atoms with E-state index in [1.807, 2.05) is 0 Å². The van der Waals surface area contributed by atoms with Gasteiger partial charge in [0.1, 0.15) is 5.82 Å². The summed E-state index contributed by atoms with van der Waals surface area (Å²) in [5.41, 5.74) is 1.44. The van der Waals surface area contributed by atoms with Gasteiger partial charge < -0.3 is 10.4 Å². The van der Waals surface area contributed by atoms with Gasteiger partial charge in [0, 0.05) is 0 Å². The van der Waals surface area contributed by atoms with Crippen molar-refractivity contribution in [3.63, 3.8) is 0 Å². The zero-order valence-corrected chi connectivity index (χ0v) is 9.54. The highest BCUT2D eigenvalue weighted by Gasteiger charge is 2.23. The van der Waals surface area contributed by atoms with Gasteiger partial charge in [0.05, 0.1) is 6.10 Å². The Morgan fingerprint density at radius 3 is 2.69 bits per heavy atom. The summed E-state index contributed by atoms with van der Waals surface area (Å²) in [5.74, 6) is 0.0902. The molecule has 88 valence electrons. The smallest absolute Gasteiger partial charge is 0.126 e. The van der Waals surface area contributed by atoms with E-state index in [0.29, 0.717) is 11.5 Å². The molecule has 2 nitrogen and oxygen atoms in total. The molecular formula is C13H18FNO. The Kier molecular flexibility index (Phi) is 3.56. The zero-order valence-electron chi connectivity index (χ0n) is 9.54. The minimum atomic E-state index is -0.457. The van der Waals surface area contributed by atoms with E-state index in [2.05, 4.69) is 5.32 Å². The highest BCUT2D eigenvalue weighted by atomic mass is 19.1. The lowest BCUT2D eigenvalue weighted by atomic mass is 9.88. The molecule has 2 N–H and O–H groups in total. The van der Waals surface area contributed by atoms with Crippen LogP contribution in [0.2, 0.25) is 0 Å². The van der Waals surface area contributed by atoms with E-state index >= 15 is 0 Å². The Hall–Kier alpha value is -0.930. The summed E-state index contributed by atoms with van der Waals surface area (Å²) in [5, 5.41) is 13.5. The molecule has 3 heteroatoms. The second-order valence-electron chi connectivity index (χ2n) is 4.54. The van der Waals surface area contributed by atoms with Crippen LogP contribution in [-0.4, -0.2) is 18.2 Å². The molecule has 1 unspecified atom stereocenters. The standard InChI is InChI=1S/C13H18FNO/c1-9-8-11(2-3-12(9)14)13(16)10-4-6-15-7-5-10/h2-3,8,10,13,15-16H,4-7H2,1H3. The van der Waals surface area contributed by atoms with Crippen molar-refractivity contribution < 1.29 is 9.50 Å². The van der Waals surface area contributed by atoms with E-state index < -0.39 is 6.10 Å². The largest absolute Gasteiger partial charge is 0.388 e. The van der Waals surface area contributed by atoms with Crippen molar-refractivity contribution in [2.45, 2.75) is 25.9 Å². The summed E-state index contributed by atoms with van der Waals surface area (Å²) in [4.78, 5) is 0. The average molecular weight is 223 g/mol. The van der Waals surface area contributed by atoms with Crippen LogP contribution < -0.4 is 5.32 Å². The molecule has 0 aromatic heterocycles. The van der Waals surface area contributed by atoms with Gasteiger partial charge in [0.15, 0.2) is 0 Å². The molecule has 0 bridgehead atoms. The monoisotopic (exact) mass is 223 g/mol. The van der Waals surface area contributed by atoms with Crippen LogP contribution in [0.4, 0.5) is 4.39 Å². The van der Waals surface area contributed by atoms with Crippen LogP contribution in [0.3, 0.4) is 0 Å². The summed E-state index contributed by atoms with van der Waals surface area (Å²) in [6, 6.07) is 4.88. The number of benzene rings is 1. The van der Waals surface area contributed by atoms with Gasteiger partial charge in [-0.1, -0.05) is 12.1 Å². The maximum atomic E-state index is 13.1. The first-order chi connectivity index (χ1) is 7.68. The first kappa shape index (κ1) is 11.6. The number of hydrogen-bond donors (Lipinski definition) is 2. The Labute approximate surface area is 95.5 Å². The van der Waals surface area contributed by atoms with Crippen molar-refractivity contribution in [3.05, 3.63) is 35.1 Å². The number of piperidine rings is 1. The lowest BCUT2D eigenvalue weighted by Gasteiger charge is -2.27. The second-order valence-corrected chi connectivity index (χ2v) is 4.54. The fourth-order valence-corrected chi connectivity index (χ4v) is 2.28. The van der Waals surface area contributed by atoms with Gasteiger partial charge in [-0.2, -0.15) is 0 Å². The molecule has 0 radical (unpaired) electrons. The zero-order chi connectivity index (χ0) is 11.5. The predicted molar refractivity (Wildman–Crippen MR) is 61.7 cm³/mol. The minimum Gasteiger partial charge on any atom is -0.388 e. The van der Waals surface area contributed by atoms with Gasteiger partial charge in [-0.3, -0.25) is 0 Å². The van der Waals surface area contributed by atoms with Gasteiger partial charge in [0.2, 0.25) is 0 Å². The maximum Gasteiger partial charge on any atom is 0.126 e. The van der Waals surface area contributed by atoms with Crippen LogP contribution in [0.1, 0.15) is 30.1 Å². The highest BCUT2D eigenvalue weighted by Crippen LogP contribution is 2.29. The first-order valence-electron chi connectivity index (χ1n) is 5.83. The molecule has 16 heavy (non-hydrogen) atoms. The molecular weight excluding hydrogens is 205 g/mol. The van der Waals surface area contributed by atoms with Crippen LogP contribution in [0, 0.1) is 18.7 Å². The number of aliphatic hydroxyl groups is 1. The van der Waals surface area contributed by atoms with Crippen molar-refractivity contribution in [2.75, 3.05) is 13.1 Å². The lowest BCUT2D eigenvalue weighted by molar-refractivity contribution is 0.0888. The van der Waals surface area contributed by atoms with E-state index in [9.17, 15) is 9.50 Å². The molecule has 0 saturated carbocycles. The van der Waals surface area contributed by atoms with Crippen LogP contribution in [-0.2, 0) is 0 Å². The summed E-state index contributed by atoms with van der Waals surface area (Å²) < 4.78 is 13.1. The van der Waals surface area contributed by atoms with Crippen LogP contribution in [0.15, 0.2) is 18.2 Å². The number of halogens is 1. The number of aliphatic hydroxyl groups excluding tert-OH is 1. The fraction of sp³-hybridized carbons (Fsp3) is 0.538. The first-order valence-corrected chi connectivity index (χ1v) is 5.83. The third kappa shape index (κ3) is 2.42. The molecule has 1 aromatic rings. The predicted octanol–water partition coefficient (Wildman–Crippen LogP) is 2.17. The number of rotatable bonds is 2. The van der Waals surface area contributed by atoms with Crippen molar-refractivity contribution in [1.29, 1.82) is 0 Å². The SMILES string of the molecule is Cc1cc(C(O)C2CCNCC2)ccc1F. The van der Waals surface area contributed by atoms with E-state index in [1.54, 1.807) is 19.1 Å². The minimum absolute atomic E-state index is 0.207. The van der Waals surface area contributed by atoms with Crippen molar-refractivity contribution in [1.82, 2.24) is 5.32 Å². The van der Waals surface area contributed by atoms with E-state index in [1.165, 1.54) is 6.07 Å². The number of hydrogen-bond acceptors (Lipinski definition) is 2. The van der Waals surface area contributed by atoms with Gasteiger partial charge in [-0.15, -0.1) is 0 Å². The molecule has 2 rings (SSSR count). The Morgan fingerprint density at radius 2 is 2.06 bits per heavy atom. The molecule has 0 amide bonds. The number of nitrogens with one attached hydrogen (secondary N) is 1. The highest BCUT2D eigenvalue weighted by molar-refractivity contribution is 5.26. The Bertz CT molecular complexity index is 361. The van der Waals surface area contributed by atoms with Gasteiger partial charge >= 0.3 is 0 Å². The molecule has 1 fully saturated rings. The molecule has 1 heterocycles. The van der Waals surface area contributed by atoms with Crippen molar-refractivity contribution in [2.24, 2.45) is 5.92 Å². The topological polar surface area (TPSA) is 32.3 Å². The van der Waals surface area contributed by atoms with Gasteiger partial charge in [0.25, 0.3) is 0 Å². The van der Waals surface area contributed by atoms with Gasteiger partial charge in [-0.05, 0) is 56.0 Å². The summed E-state index contributed by atoms with van der Waals surface area (Å²) in [6.45, 7) is 3.65. The second kappa shape index (κ2) is 4.93.